The zero-order chi connectivity index (χ0) is 27.0. The van der Waals surface area contributed by atoms with Gasteiger partial charge < -0.3 is 20.3 Å². The van der Waals surface area contributed by atoms with Crippen LogP contribution in [0.3, 0.4) is 0 Å². The highest BCUT2D eigenvalue weighted by Gasteiger charge is 2.42. The van der Waals surface area contributed by atoms with E-state index >= 15 is 0 Å². The molecule has 0 aliphatic carbocycles. The molecule has 0 fully saturated rings. The Morgan fingerprint density at radius 1 is 0.971 bits per heavy atom. The summed E-state index contributed by atoms with van der Waals surface area (Å²) in [5.74, 6) is -0.773. The smallest absolute Gasteiger partial charge is 0.408 e. The molecule has 7 heteroatoms. The molecule has 0 saturated heterocycles. The van der Waals surface area contributed by atoms with Crippen LogP contribution in [0.4, 0.5) is 4.79 Å². The number of nitrogens with zero attached hydrogens (tertiary/aromatic N) is 1. The van der Waals surface area contributed by atoms with E-state index in [2.05, 4.69) is 24.5 Å². The van der Waals surface area contributed by atoms with Crippen LogP contribution >= 0.6 is 0 Å². The first-order valence-corrected chi connectivity index (χ1v) is 12.8. The number of nitrogens with one attached hydrogen (secondary N) is 2. The number of alkyl carbamates (subject to hydrolysis) is 1. The molecule has 0 bridgehead atoms. The summed E-state index contributed by atoms with van der Waals surface area (Å²) in [4.78, 5) is 41.8. The van der Waals surface area contributed by atoms with E-state index in [1.807, 2.05) is 58.9 Å². The van der Waals surface area contributed by atoms with Gasteiger partial charge in [-0.3, -0.25) is 9.59 Å². The van der Waals surface area contributed by atoms with Gasteiger partial charge in [-0.2, -0.15) is 0 Å². The topological polar surface area (TPSA) is 87.7 Å². The molecule has 0 heterocycles. The quantitative estimate of drug-likeness (QED) is 0.432. The van der Waals surface area contributed by atoms with Gasteiger partial charge in [0.05, 0.1) is 0 Å². The van der Waals surface area contributed by atoms with Crippen molar-refractivity contribution in [1.82, 2.24) is 15.5 Å². The molecule has 0 aliphatic heterocycles. The van der Waals surface area contributed by atoms with E-state index in [9.17, 15) is 14.4 Å². The van der Waals surface area contributed by atoms with Gasteiger partial charge in [-0.25, -0.2) is 4.79 Å². The SMILES string of the molecule is CCCCNC(=O)C(c1ccc(CC)cc1)N(C(=O)C(NC(=O)OC(C)(C)C)C(C)C)C(C)(C)C. The van der Waals surface area contributed by atoms with E-state index in [1.165, 1.54) is 0 Å². The Morgan fingerprint density at radius 3 is 1.97 bits per heavy atom. The van der Waals surface area contributed by atoms with Crippen LogP contribution in [0.25, 0.3) is 0 Å². The monoisotopic (exact) mass is 489 g/mol. The lowest BCUT2D eigenvalue weighted by molar-refractivity contribution is -0.149. The molecule has 1 aromatic carbocycles. The van der Waals surface area contributed by atoms with Gasteiger partial charge in [-0.1, -0.05) is 58.4 Å². The third-order valence-corrected chi connectivity index (χ3v) is 5.60. The lowest BCUT2D eigenvalue weighted by Crippen LogP contribution is -2.59. The highest BCUT2D eigenvalue weighted by Crippen LogP contribution is 2.31. The molecule has 1 rings (SSSR count). The fraction of sp³-hybridized carbons (Fsp3) is 0.679. The van der Waals surface area contributed by atoms with Gasteiger partial charge in [0.1, 0.15) is 17.7 Å². The molecule has 2 atom stereocenters. The second-order valence-electron chi connectivity index (χ2n) is 11.4. The first-order valence-electron chi connectivity index (χ1n) is 12.8. The van der Waals surface area contributed by atoms with Crippen molar-refractivity contribution in [3.63, 3.8) is 0 Å². The number of carbonyl (C=O) groups excluding carboxylic acids is 3. The van der Waals surface area contributed by atoms with Crippen LogP contribution in [0.2, 0.25) is 0 Å². The molecule has 0 spiro atoms. The van der Waals surface area contributed by atoms with Crippen LogP contribution in [0.1, 0.15) is 99.2 Å². The Kier molecular flexibility index (Phi) is 11.3. The molecule has 0 aromatic heterocycles. The second-order valence-corrected chi connectivity index (χ2v) is 11.4. The number of carbonyl (C=O) groups is 3. The van der Waals surface area contributed by atoms with Crippen molar-refractivity contribution in [3.05, 3.63) is 35.4 Å². The number of ether oxygens (including phenoxy) is 1. The Morgan fingerprint density at radius 2 is 1.54 bits per heavy atom. The Balaban J connectivity index is 3.49. The van der Waals surface area contributed by atoms with Gasteiger partial charge in [-0.15, -0.1) is 0 Å². The van der Waals surface area contributed by atoms with Crippen LogP contribution < -0.4 is 10.6 Å². The summed E-state index contributed by atoms with van der Waals surface area (Å²) >= 11 is 0. The minimum absolute atomic E-state index is 0.217. The molecular weight excluding hydrogens is 442 g/mol. The van der Waals surface area contributed by atoms with Gasteiger partial charge in [-0.05, 0) is 71.4 Å². The van der Waals surface area contributed by atoms with Crippen molar-refractivity contribution >= 4 is 17.9 Å². The average molecular weight is 490 g/mol. The van der Waals surface area contributed by atoms with Crippen molar-refractivity contribution in [3.8, 4) is 0 Å². The van der Waals surface area contributed by atoms with E-state index in [0.29, 0.717) is 6.54 Å². The van der Waals surface area contributed by atoms with Gasteiger partial charge in [0.15, 0.2) is 0 Å². The molecule has 1 aromatic rings. The van der Waals surface area contributed by atoms with Crippen LogP contribution in [0.5, 0.6) is 0 Å². The minimum Gasteiger partial charge on any atom is -0.444 e. The van der Waals surface area contributed by atoms with Crippen molar-refractivity contribution < 1.29 is 19.1 Å². The van der Waals surface area contributed by atoms with E-state index in [4.69, 9.17) is 4.74 Å². The summed E-state index contributed by atoms with van der Waals surface area (Å²) in [7, 11) is 0. The predicted molar refractivity (Wildman–Crippen MR) is 141 cm³/mol. The number of aryl methyl sites for hydroxylation is 1. The molecule has 0 saturated carbocycles. The number of unbranched alkanes of at least 4 members (excludes halogenated alkanes) is 1. The molecule has 3 amide bonds. The molecule has 7 nitrogen and oxygen atoms in total. The van der Waals surface area contributed by atoms with Gasteiger partial charge in [0, 0.05) is 12.1 Å². The van der Waals surface area contributed by atoms with Crippen molar-refractivity contribution in [2.75, 3.05) is 6.54 Å². The zero-order valence-corrected chi connectivity index (χ0v) is 23.5. The van der Waals surface area contributed by atoms with Gasteiger partial charge in [0.2, 0.25) is 11.8 Å². The Bertz CT molecular complexity index is 835. The standard InChI is InChI=1S/C28H47N3O4/c1-11-13-18-29-24(32)23(21-16-14-20(12-2)15-17-21)31(27(5,6)7)25(33)22(19(3)4)30-26(34)35-28(8,9)10/h14-17,19,22-23H,11-13,18H2,1-10H3,(H,29,32)(H,30,34). The van der Waals surface area contributed by atoms with Crippen LogP contribution in [0.15, 0.2) is 24.3 Å². The lowest BCUT2D eigenvalue weighted by Gasteiger charge is -2.43. The Hall–Kier alpha value is -2.57. The molecular formula is C28H47N3O4. The minimum atomic E-state index is -0.857. The van der Waals surface area contributed by atoms with Crippen molar-refractivity contribution in [2.24, 2.45) is 5.92 Å². The average Bonchev–Trinajstić information content (AvgIpc) is 2.73. The third-order valence-electron chi connectivity index (χ3n) is 5.60. The van der Waals surface area contributed by atoms with Crippen LogP contribution in [0, 0.1) is 5.92 Å². The second kappa shape index (κ2) is 12.9. The first-order chi connectivity index (χ1) is 16.1. The summed E-state index contributed by atoms with van der Waals surface area (Å²) in [5.41, 5.74) is 0.496. The van der Waals surface area contributed by atoms with Crippen molar-refractivity contribution in [1.29, 1.82) is 0 Å². The molecule has 2 N–H and O–H groups in total. The maximum absolute atomic E-state index is 14.1. The van der Waals surface area contributed by atoms with E-state index in [0.717, 1.165) is 30.4 Å². The highest BCUT2D eigenvalue weighted by molar-refractivity contribution is 5.92. The molecule has 198 valence electrons. The Labute approximate surface area is 212 Å². The summed E-state index contributed by atoms with van der Waals surface area (Å²) in [6, 6.07) is 6.12. The molecule has 0 aliphatic rings. The van der Waals surface area contributed by atoms with E-state index in [-0.39, 0.29) is 17.7 Å². The normalized spacial score (nSPS) is 13.7. The molecule has 2 unspecified atom stereocenters. The number of amides is 3. The summed E-state index contributed by atoms with van der Waals surface area (Å²) < 4.78 is 5.42. The summed E-state index contributed by atoms with van der Waals surface area (Å²) in [6.45, 7) is 19.4. The molecule has 35 heavy (non-hydrogen) atoms. The third kappa shape index (κ3) is 9.54. The van der Waals surface area contributed by atoms with E-state index < -0.39 is 29.3 Å². The number of hydrogen-bond acceptors (Lipinski definition) is 4. The van der Waals surface area contributed by atoms with Crippen LogP contribution in [-0.4, -0.2) is 46.5 Å². The maximum atomic E-state index is 14.1. The predicted octanol–water partition coefficient (Wildman–Crippen LogP) is 5.38. The first kappa shape index (κ1) is 30.5. The molecule has 0 radical (unpaired) electrons. The number of hydrogen-bond donors (Lipinski definition) is 2. The fourth-order valence-electron chi connectivity index (χ4n) is 3.78. The number of benzene rings is 1. The summed E-state index contributed by atoms with van der Waals surface area (Å²) in [5, 5.41) is 5.77. The van der Waals surface area contributed by atoms with Crippen molar-refractivity contribution in [2.45, 2.75) is 112 Å². The van der Waals surface area contributed by atoms with E-state index in [1.54, 1.807) is 25.7 Å². The zero-order valence-electron chi connectivity index (χ0n) is 23.5. The highest BCUT2D eigenvalue weighted by atomic mass is 16.6. The van der Waals surface area contributed by atoms with Gasteiger partial charge in [0.25, 0.3) is 0 Å². The lowest BCUT2D eigenvalue weighted by atomic mass is 9.92. The fourth-order valence-corrected chi connectivity index (χ4v) is 3.78. The number of rotatable bonds is 10. The summed E-state index contributed by atoms with van der Waals surface area (Å²) in [6.07, 6.45) is 2.03. The van der Waals surface area contributed by atoms with Crippen LogP contribution in [-0.2, 0) is 20.7 Å². The largest absolute Gasteiger partial charge is 0.444 e. The van der Waals surface area contributed by atoms with Gasteiger partial charge >= 0.3 is 6.09 Å². The maximum Gasteiger partial charge on any atom is 0.408 e.